The Balaban J connectivity index is 1.36. The molecule has 1 aliphatic carbocycles. The van der Waals surface area contributed by atoms with Gasteiger partial charge in [0.25, 0.3) is 0 Å². The van der Waals surface area contributed by atoms with Gasteiger partial charge >= 0.3 is 5.76 Å². The van der Waals surface area contributed by atoms with E-state index in [1.165, 1.54) is 12.8 Å². The first-order chi connectivity index (χ1) is 17.7. The van der Waals surface area contributed by atoms with Crippen LogP contribution >= 0.6 is 0 Å². The van der Waals surface area contributed by atoms with Crippen molar-refractivity contribution in [2.45, 2.75) is 38.8 Å². The maximum atomic E-state index is 11.7. The molecule has 36 heavy (non-hydrogen) atoms. The third-order valence-electron chi connectivity index (χ3n) is 6.97. The molecule has 178 valence electrons. The van der Waals surface area contributed by atoms with Gasteiger partial charge in [0.15, 0.2) is 11.5 Å². The van der Waals surface area contributed by atoms with E-state index in [2.05, 4.69) is 37.9 Å². The van der Waals surface area contributed by atoms with Gasteiger partial charge in [0.05, 0.1) is 6.54 Å². The van der Waals surface area contributed by atoms with Crippen LogP contribution in [-0.4, -0.2) is 24.7 Å². The topological polar surface area (TPSA) is 98.8 Å². The van der Waals surface area contributed by atoms with E-state index in [0.717, 1.165) is 56.1 Å². The highest BCUT2D eigenvalue weighted by molar-refractivity contribution is 5.99. The molecule has 2 aromatic carbocycles. The molecule has 3 aromatic heterocycles. The van der Waals surface area contributed by atoms with Gasteiger partial charge in [-0.25, -0.2) is 14.8 Å². The summed E-state index contributed by atoms with van der Waals surface area (Å²) in [5.74, 6) is 2.25. The number of ether oxygens (including phenoxy) is 1. The molecule has 1 saturated carbocycles. The van der Waals surface area contributed by atoms with E-state index in [9.17, 15) is 4.79 Å². The summed E-state index contributed by atoms with van der Waals surface area (Å²) < 4.78 is 13.3. The molecular weight excluding hydrogens is 454 g/mol. The Morgan fingerprint density at radius 3 is 2.83 bits per heavy atom. The molecule has 0 atom stereocenters. The van der Waals surface area contributed by atoms with Gasteiger partial charge in [0, 0.05) is 23.3 Å². The molecule has 0 bridgehead atoms. The summed E-state index contributed by atoms with van der Waals surface area (Å²) in [6.45, 7) is 3.06. The number of hydrogen-bond donors (Lipinski definition) is 1. The monoisotopic (exact) mass is 477 g/mol. The van der Waals surface area contributed by atoms with Crippen molar-refractivity contribution in [3.63, 3.8) is 0 Å². The Kier molecular flexibility index (Phi) is 4.67. The lowest BCUT2D eigenvalue weighted by Crippen LogP contribution is -2.07. The molecule has 0 amide bonds. The molecule has 0 unspecified atom stereocenters. The summed E-state index contributed by atoms with van der Waals surface area (Å²) in [5.41, 5.74) is 7.85. The molecule has 8 heteroatoms. The Hall–Kier alpha value is -4.46. The first-order valence-electron chi connectivity index (χ1n) is 12.1. The average molecular weight is 478 g/mol. The number of fused-ring (bicyclic) bond motifs is 3. The largest absolute Gasteiger partial charge is 0.488 e. The Morgan fingerprint density at radius 1 is 1.11 bits per heavy atom. The number of aromatic nitrogens is 5. The van der Waals surface area contributed by atoms with Crippen LogP contribution in [0.5, 0.6) is 5.75 Å². The van der Waals surface area contributed by atoms with E-state index >= 15 is 0 Å². The fourth-order valence-electron chi connectivity index (χ4n) is 5.09. The van der Waals surface area contributed by atoms with Gasteiger partial charge in [-0.15, -0.1) is 0 Å². The molecule has 0 spiro atoms. The Labute approximate surface area is 206 Å². The molecule has 7 rings (SSSR count). The molecule has 0 radical (unpaired) electrons. The normalized spacial score (nSPS) is 16.2. The van der Waals surface area contributed by atoms with E-state index in [-0.39, 0.29) is 0 Å². The van der Waals surface area contributed by atoms with Crippen LogP contribution in [0.15, 0.2) is 70.1 Å². The Morgan fingerprint density at radius 2 is 2.00 bits per heavy atom. The van der Waals surface area contributed by atoms with Gasteiger partial charge in [-0.05, 0) is 66.3 Å². The number of allylic oxidation sites excluding steroid dienone is 1. The number of nitrogens with one attached hydrogen (secondary N) is 1. The van der Waals surface area contributed by atoms with Crippen molar-refractivity contribution < 1.29 is 9.26 Å². The van der Waals surface area contributed by atoms with Crippen molar-refractivity contribution in [2.24, 2.45) is 0 Å². The summed E-state index contributed by atoms with van der Waals surface area (Å²) in [4.78, 5) is 23.9. The van der Waals surface area contributed by atoms with E-state index in [1.807, 2.05) is 49.5 Å². The number of para-hydroxylation sites is 1. The minimum atomic E-state index is -0.577. The zero-order valence-corrected chi connectivity index (χ0v) is 19.7. The van der Waals surface area contributed by atoms with Crippen molar-refractivity contribution in [1.82, 2.24) is 24.7 Å². The molecule has 1 aliphatic heterocycles. The second kappa shape index (κ2) is 8.05. The van der Waals surface area contributed by atoms with Crippen molar-refractivity contribution in [3.05, 3.63) is 105 Å². The maximum absolute atomic E-state index is 11.7. The molecular formula is C28H23N5O3. The third-order valence-corrected chi connectivity index (χ3v) is 6.97. The predicted octanol–water partition coefficient (Wildman–Crippen LogP) is 4.90. The summed E-state index contributed by atoms with van der Waals surface area (Å²) in [6.07, 6.45) is 4.18. The lowest BCUT2D eigenvalue weighted by atomic mass is 9.89. The van der Waals surface area contributed by atoms with Crippen LogP contribution in [0.1, 0.15) is 59.6 Å². The number of H-pyrrole nitrogens is 1. The Bertz CT molecular complexity index is 1720. The van der Waals surface area contributed by atoms with E-state index in [4.69, 9.17) is 14.2 Å². The van der Waals surface area contributed by atoms with Crippen molar-refractivity contribution >= 4 is 22.3 Å². The highest BCUT2D eigenvalue weighted by atomic mass is 16.5. The second-order valence-electron chi connectivity index (χ2n) is 9.40. The van der Waals surface area contributed by atoms with Crippen LogP contribution in [0, 0.1) is 0 Å². The van der Waals surface area contributed by atoms with Crippen molar-refractivity contribution in [2.75, 3.05) is 0 Å². The van der Waals surface area contributed by atoms with Gasteiger partial charge in [-0.1, -0.05) is 35.5 Å². The number of nitrogens with zero attached hydrogens (tertiary/aromatic N) is 4. The van der Waals surface area contributed by atoms with Crippen molar-refractivity contribution in [1.29, 1.82) is 0 Å². The van der Waals surface area contributed by atoms with E-state index in [1.54, 1.807) is 0 Å². The van der Waals surface area contributed by atoms with Crippen LogP contribution in [0.4, 0.5) is 0 Å². The van der Waals surface area contributed by atoms with E-state index < -0.39 is 5.76 Å². The summed E-state index contributed by atoms with van der Waals surface area (Å²) in [7, 11) is 0. The number of benzene rings is 2. The SMILES string of the molecule is C/C(=C1\c2ccc(Cn3c(C4CC4)nc4cccnc43)cc2COc2ccccc21)c1noc(=O)[nH]1. The average Bonchev–Trinajstić information content (AvgIpc) is 3.59. The predicted molar refractivity (Wildman–Crippen MR) is 135 cm³/mol. The smallest absolute Gasteiger partial charge is 0.439 e. The lowest BCUT2D eigenvalue weighted by molar-refractivity contribution is 0.307. The number of aromatic amines is 1. The minimum absolute atomic E-state index is 0.409. The first-order valence-corrected chi connectivity index (χ1v) is 12.1. The van der Waals surface area contributed by atoms with Crippen molar-refractivity contribution in [3.8, 4) is 5.75 Å². The quantitative estimate of drug-likeness (QED) is 0.395. The maximum Gasteiger partial charge on any atom is 0.439 e. The van der Waals surface area contributed by atoms with Crippen LogP contribution in [0.25, 0.3) is 22.3 Å². The zero-order valence-electron chi connectivity index (χ0n) is 19.7. The van der Waals surface area contributed by atoms with Crippen LogP contribution in [0.2, 0.25) is 0 Å². The highest BCUT2D eigenvalue weighted by Gasteiger charge is 2.30. The third kappa shape index (κ3) is 3.45. The fraction of sp³-hybridized carbons (Fsp3) is 0.214. The van der Waals surface area contributed by atoms with Crippen LogP contribution < -0.4 is 10.5 Å². The van der Waals surface area contributed by atoms with E-state index in [0.29, 0.717) is 24.9 Å². The standard InChI is InChI=1S/C28H23N5O3/c1-16(25-31-28(34)36-32-25)24-20-11-8-17(13-19(20)15-35-23-7-3-2-5-21(23)24)14-33-26(18-9-10-18)30-22-6-4-12-29-27(22)33/h2-8,11-13,18H,9-10,14-15H2,1H3,(H,31,32,34)/b24-16-. The molecule has 5 aromatic rings. The first kappa shape index (κ1) is 20.9. The molecule has 8 nitrogen and oxygen atoms in total. The highest BCUT2D eigenvalue weighted by Crippen LogP contribution is 2.42. The van der Waals surface area contributed by atoms with Crippen LogP contribution in [0.3, 0.4) is 0 Å². The molecule has 2 aliphatic rings. The number of pyridine rings is 1. The molecule has 1 fully saturated rings. The van der Waals surface area contributed by atoms with Gasteiger partial charge in [0.1, 0.15) is 23.7 Å². The van der Waals surface area contributed by atoms with Gasteiger partial charge in [-0.2, -0.15) is 0 Å². The van der Waals surface area contributed by atoms with Gasteiger partial charge in [0.2, 0.25) is 0 Å². The summed E-state index contributed by atoms with van der Waals surface area (Å²) in [5, 5.41) is 3.94. The van der Waals surface area contributed by atoms with Gasteiger partial charge < -0.3 is 9.30 Å². The molecule has 4 heterocycles. The molecule has 1 N–H and O–H groups in total. The number of imidazole rings is 1. The summed E-state index contributed by atoms with van der Waals surface area (Å²) >= 11 is 0. The second-order valence-corrected chi connectivity index (χ2v) is 9.40. The lowest BCUT2D eigenvalue weighted by Gasteiger charge is -2.15. The van der Waals surface area contributed by atoms with Gasteiger partial charge in [-0.3, -0.25) is 9.51 Å². The van der Waals surface area contributed by atoms with Crippen LogP contribution in [-0.2, 0) is 13.2 Å². The zero-order chi connectivity index (χ0) is 24.2. The number of hydrogen-bond acceptors (Lipinski definition) is 6. The molecule has 0 saturated heterocycles. The number of rotatable bonds is 4. The summed E-state index contributed by atoms with van der Waals surface area (Å²) in [6, 6.07) is 18.4. The minimum Gasteiger partial charge on any atom is -0.488 e. The fourth-order valence-corrected chi connectivity index (χ4v) is 5.09.